The Labute approximate surface area is 88.7 Å². The fourth-order valence-corrected chi connectivity index (χ4v) is 1.48. The van der Waals surface area contributed by atoms with Gasteiger partial charge in [-0.05, 0) is 30.7 Å². The van der Waals surface area contributed by atoms with Gasteiger partial charge >= 0.3 is 0 Å². The zero-order chi connectivity index (χ0) is 10.7. The molecule has 76 valence electrons. The zero-order valence-electron chi connectivity index (χ0n) is 8.52. The first-order valence-corrected chi connectivity index (χ1v) is 4.85. The van der Waals surface area contributed by atoms with Crippen LogP contribution in [0.5, 0.6) is 0 Å². The molecule has 2 aromatic carbocycles. The molecule has 15 heavy (non-hydrogen) atoms. The van der Waals surface area contributed by atoms with Crippen molar-refractivity contribution in [2.75, 3.05) is 5.12 Å². The van der Waals surface area contributed by atoms with E-state index in [4.69, 9.17) is 0 Å². The van der Waals surface area contributed by atoms with Gasteiger partial charge in [-0.25, -0.2) is 0 Å². The molecule has 0 spiro atoms. The third-order valence-corrected chi connectivity index (χ3v) is 2.31. The zero-order valence-corrected chi connectivity index (χ0v) is 8.52. The average Bonchev–Trinajstić information content (AvgIpc) is 2.30. The van der Waals surface area contributed by atoms with Crippen LogP contribution in [0.25, 0.3) is 0 Å². The van der Waals surface area contributed by atoms with Crippen LogP contribution in [0.4, 0.5) is 15.9 Å². The normalized spacial score (nSPS) is 10.0. The van der Waals surface area contributed by atoms with Gasteiger partial charge in [-0.15, -0.1) is 0 Å². The van der Waals surface area contributed by atoms with E-state index in [0.29, 0.717) is 16.5 Å². The molecule has 0 radical (unpaired) electrons. The fourth-order valence-electron chi connectivity index (χ4n) is 1.48. The third-order valence-electron chi connectivity index (χ3n) is 2.31. The second kappa shape index (κ2) is 4.13. The Morgan fingerprint density at radius 3 is 2.13 bits per heavy atom. The van der Waals surface area contributed by atoms with Crippen molar-refractivity contribution in [2.45, 2.75) is 6.92 Å². The highest BCUT2D eigenvalue weighted by Crippen LogP contribution is 2.27. The minimum absolute atomic E-state index is 0.548. The maximum atomic E-state index is 14.0. The summed E-state index contributed by atoms with van der Waals surface area (Å²) in [6.07, 6.45) is 0. The molecule has 0 fully saturated rings. The summed E-state index contributed by atoms with van der Waals surface area (Å²) in [6, 6.07) is 16.4. The Kier molecular flexibility index (Phi) is 2.68. The predicted molar refractivity (Wildman–Crippen MR) is 60.9 cm³/mol. The van der Waals surface area contributed by atoms with E-state index in [1.54, 1.807) is 18.2 Å². The highest BCUT2D eigenvalue weighted by Gasteiger charge is 2.08. The minimum Gasteiger partial charge on any atom is -0.180 e. The van der Waals surface area contributed by atoms with E-state index < -0.39 is 0 Å². The van der Waals surface area contributed by atoms with Crippen molar-refractivity contribution in [3.05, 3.63) is 60.2 Å². The van der Waals surface area contributed by atoms with Crippen molar-refractivity contribution in [3.63, 3.8) is 0 Å². The SMILES string of the molecule is Cc1ccccc1N(F)c1ccccc1. The van der Waals surface area contributed by atoms with E-state index in [2.05, 4.69) is 0 Å². The second-order valence-electron chi connectivity index (χ2n) is 3.40. The van der Waals surface area contributed by atoms with E-state index in [9.17, 15) is 4.48 Å². The Morgan fingerprint density at radius 2 is 1.47 bits per heavy atom. The van der Waals surface area contributed by atoms with Crippen LogP contribution >= 0.6 is 0 Å². The number of para-hydroxylation sites is 2. The van der Waals surface area contributed by atoms with Crippen LogP contribution in [0.1, 0.15) is 5.56 Å². The monoisotopic (exact) mass is 201 g/mol. The molecule has 0 unspecified atom stereocenters. The molecule has 0 bridgehead atoms. The van der Waals surface area contributed by atoms with Gasteiger partial charge in [-0.3, -0.25) is 0 Å². The van der Waals surface area contributed by atoms with E-state index in [1.165, 1.54) is 0 Å². The molecule has 0 aliphatic carbocycles. The lowest BCUT2D eigenvalue weighted by molar-refractivity contribution is 0.504. The molecule has 0 N–H and O–H groups in total. The molecule has 0 aliphatic rings. The number of nitrogens with zero attached hydrogens (tertiary/aromatic N) is 1. The first-order valence-electron chi connectivity index (χ1n) is 4.85. The van der Waals surface area contributed by atoms with Gasteiger partial charge in [0.15, 0.2) is 0 Å². The van der Waals surface area contributed by atoms with Gasteiger partial charge in [0.1, 0.15) is 0 Å². The quantitative estimate of drug-likeness (QED) is 0.663. The molecular weight excluding hydrogens is 189 g/mol. The van der Waals surface area contributed by atoms with Gasteiger partial charge in [0.05, 0.1) is 11.4 Å². The topological polar surface area (TPSA) is 3.24 Å². The van der Waals surface area contributed by atoms with Crippen molar-refractivity contribution in [1.82, 2.24) is 0 Å². The van der Waals surface area contributed by atoms with Crippen LogP contribution in [0.3, 0.4) is 0 Å². The van der Waals surface area contributed by atoms with Crippen LogP contribution in [0, 0.1) is 6.92 Å². The van der Waals surface area contributed by atoms with Crippen LogP contribution in [-0.2, 0) is 0 Å². The average molecular weight is 201 g/mol. The third kappa shape index (κ3) is 1.99. The van der Waals surface area contributed by atoms with Crippen molar-refractivity contribution in [1.29, 1.82) is 0 Å². The molecule has 0 saturated heterocycles. The Morgan fingerprint density at radius 1 is 0.867 bits per heavy atom. The number of anilines is 2. The molecule has 0 saturated carbocycles. The van der Waals surface area contributed by atoms with Crippen molar-refractivity contribution in [2.24, 2.45) is 0 Å². The molecule has 0 aliphatic heterocycles. The van der Waals surface area contributed by atoms with E-state index in [0.717, 1.165) is 5.56 Å². The van der Waals surface area contributed by atoms with Gasteiger partial charge < -0.3 is 0 Å². The predicted octanol–water partition coefficient (Wildman–Crippen LogP) is 4.02. The summed E-state index contributed by atoms with van der Waals surface area (Å²) in [5.74, 6) is 0. The van der Waals surface area contributed by atoms with Crippen molar-refractivity contribution in [3.8, 4) is 0 Å². The standard InChI is InChI=1S/C13H12FN/c1-11-7-5-6-10-13(11)15(14)12-8-3-2-4-9-12/h2-10H,1H3. The van der Waals surface area contributed by atoms with Gasteiger partial charge in [0, 0.05) is 0 Å². The molecule has 2 rings (SSSR count). The maximum Gasteiger partial charge on any atom is 0.0776 e. The maximum absolute atomic E-state index is 14.0. The van der Waals surface area contributed by atoms with Gasteiger partial charge in [0.25, 0.3) is 0 Å². The first kappa shape index (κ1) is 9.71. The molecule has 0 amide bonds. The number of benzene rings is 2. The number of hydrogen-bond donors (Lipinski definition) is 0. The lowest BCUT2D eigenvalue weighted by Gasteiger charge is -2.15. The Bertz CT molecular complexity index is 439. The summed E-state index contributed by atoms with van der Waals surface area (Å²) < 4.78 is 14.0. The highest BCUT2D eigenvalue weighted by atomic mass is 19.2. The number of halogens is 1. The summed E-state index contributed by atoms with van der Waals surface area (Å²) in [4.78, 5) is 0. The van der Waals surface area contributed by atoms with Crippen LogP contribution in [0.2, 0.25) is 0 Å². The molecule has 2 heteroatoms. The van der Waals surface area contributed by atoms with Crippen LogP contribution in [-0.4, -0.2) is 0 Å². The molecular formula is C13H12FN. The van der Waals surface area contributed by atoms with Crippen molar-refractivity contribution >= 4 is 11.4 Å². The Hall–Kier alpha value is -1.83. The van der Waals surface area contributed by atoms with E-state index >= 15 is 0 Å². The summed E-state index contributed by atoms with van der Waals surface area (Å²) in [7, 11) is 0. The summed E-state index contributed by atoms with van der Waals surface area (Å²) in [5, 5.41) is 0.704. The fraction of sp³-hybridized carbons (Fsp3) is 0.0769. The second-order valence-corrected chi connectivity index (χ2v) is 3.40. The Balaban J connectivity index is 2.37. The van der Waals surface area contributed by atoms with Crippen molar-refractivity contribution < 1.29 is 4.48 Å². The minimum atomic E-state index is 0.548. The molecule has 1 nitrogen and oxygen atoms in total. The summed E-state index contributed by atoms with van der Waals surface area (Å²) >= 11 is 0. The van der Waals surface area contributed by atoms with Crippen LogP contribution in [0.15, 0.2) is 54.6 Å². The van der Waals surface area contributed by atoms with E-state index in [-0.39, 0.29) is 0 Å². The van der Waals surface area contributed by atoms with Gasteiger partial charge in [0.2, 0.25) is 0 Å². The van der Waals surface area contributed by atoms with Gasteiger partial charge in [-0.2, -0.15) is 5.12 Å². The molecule has 0 atom stereocenters. The molecule has 2 aromatic rings. The number of hydrogen-bond acceptors (Lipinski definition) is 1. The lowest BCUT2D eigenvalue weighted by Crippen LogP contribution is -2.04. The largest absolute Gasteiger partial charge is 0.180 e. The van der Waals surface area contributed by atoms with Crippen LogP contribution < -0.4 is 5.12 Å². The first-order chi connectivity index (χ1) is 7.29. The van der Waals surface area contributed by atoms with E-state index in [1.807, 2.05) is 43.3 Å². The van der Waals surface area contributed by atoms with Gasteiger partial charge in [-0.1, -0.05) is 40.9 Å². The lowest BCUT2D eigenvalue weighted by atomic mass is 10.2. The summed E-state index contributed by atoms with van der Waals surface area (Å²) in [6.45, 7) is 1.89. The number of rotatable bonds is 2. The highest BCUT2D eigenvalue weighted by molar-refractivity contribution is 5.63. The molecule has 0 heterocycles. The summed E-state index contributed by atoms with van der Waals surface area (Å²) in [5.41, 5.74) is 2.05. The number of aryl methyl sites for hydroxylation is 1. The molecule has 0 aromatic heterocycles. The smallest absolute Gasteiger partial charge is 0.0776 e.